The first-order valence-corrected chi connectivity index (χ1v) is 7.74. The van der Waals surface area contributed by atoms with E-state index in [1.165, 1.54) is 11.6 Å². The molecule has 5 heteroatoms. The van der Waals surface area contributed by atoms with Crippen LogP contribution in [0.4, 0.5) is 5.69 Å². The van der Waals surface area contributed by atoms with E-state index in [1.54, 1.807) is 18.2 Å². The molecule has 0 aliphatic rings. The molecule has 0 bridgehead atoms. The van der Waals surface area contributed by atoms with Gasteiger partial charge in [-0.05, 0) is 41.8 Å². The minimum absolute atomic E-state index is 0.0839. The zero-order chi connectivity index (χ0) is 17.4. The van der Waals surface area contributed by atoms with E-state index in [9.17, 15) is 4.79 Å². The first-order chi connectivity index (χ1) is 11.6. The van der Waals surface area contributed by atoms with Crippen LogP contribution in [-0.2, 0) is 11.4 Å². The number of nitrogens with two attached hydrogens (primary N) is 1. The lowest BCUT2D eigenvalue weighted by Gasteiger charge is -2.11. The molecule has 2 rings (SSSR count). The zero-order valence-electron chi connectivity index (χ0n) is 13.7. The van der Waals surface area contributed by atoms with Crippen LogP contribution in [0.2, 0.25) is 0 Å². The van der Waals surface area contributed by atoms with E-state index in [0.717, 1.165) is 11.1 Å². The fourth-order valence-corrected chi connectivity index (χ4v) is 2.14. The number of hydrogen-bond donors (Lipinski definition) is 3. The van der Waals surface area contributed by atoms with E-state index in [4.69, 9.17) is 15.6 Å². The van der Waals surface area contributed by atoms with Crippen LogP contribution in [0.1, 0.15) is 16.7 Å². The van der Waals surface area contributed by atoms with Crippen molar-refractivity contribution in [1.82, 2.24) is 5.32 Å². The first kappa shape index (κ1) is 17.6. The van der Waals surface area contributed by atoms with Crippen molar-refractivity contribution in [3.63, 3.8) is 0 Å². The number of carbonyl (C=O) groups is 1. The van der Waals surface area contributed by atoms with Gasteiger partial charge in [0, 0.05) is 12.6 Å². The Labute approximate surface area is 141 Å². The quantitative estimate of drug-likeness (QED) is 0.538. The van der Waals surface area contributed by atoms with Gasteiger partial charge in [-0.2, -0.15) is 0 Å². The fraction of sp³-hybridized carbons (Fsp3) is 0.211. The molecule has 5 nitrogen and oxygen atoms in total. The number of carbonyl (C=O) groups excluding carboxylic acids is 1. The van der Waals surface area contributed by atoms with Gasteiger partial charge in [0.15, 0.2) is 0 Å². The number of aryl methyl sites for hydroxylation is 1. The van der Waals surface area contributed by atoms with Crippen molar-refractivity contribution < 1.29 is 14.6 Å². The van der Waals surface area contributed by atoms with Gasteiger partial charge in [-0.1, -0.05) is 30.3 Å². The van der Waals surface area contributed by atoms with Crippen molar-refractivity contribution in [1.29, 1.82) is 0 Å². The molecule has 0 atom stereocenters. The van der Waals surface area contributed by atoms with Gasteiger partial charge in [-0.15, -0.1) is 0 Å². The third-order valence-electron chi connectivity index (χ3n) is 3.52. The van der Waals surface area contributed by atoms with Gasteiger partial charge in [0.05, 0.1) is 12.3 Å². The molecule has 0 aliphatic carbocycles. The van der Waals surface area contributed by atoms with Crippen molar-refractivity contribution in [2.24, 2.45) is 0 Å². The van der Waals surface area contributed by atoms with Crippen LogP contribution in [0.15, 0.2) is 48.5 Å². The van der Waals surface area contributed by atoms with Crippen molar-refractivity contribution in [2.75, 3.05) is 18.9 Å². The highest BCUT2D eigenvalue weighted by atomic mass is 16.5. The maximum Gasteiger partial charge on any atom is 0.244 e. The topological polar surface area (TPSA) is 84.6 Å². The van der Waals surface area contributed by atoms with Gasteiger partial charge in [0.1, 0.15) is 12.4 Å². The number of ether oxygens (including phenoxy) is 1. The molecular weight excluding hydrogens is 304 g/mol. The lowest BCUT2D eigenvalue weighted by Crippen LogP contribution is -2.24. The maximum absolute atomic E-state index is 11.5. The molecule has 0 heterocycles. The molecule has 0 aliphatic heterocycles. The maximum atomic E-state index is 11.5. The summed E-state index contributed by atoms with van der Waals surface area (Å²) in [6, 6.07) is 13.4. The Morgan fingerprint density at radius 3 is 2.79 bits per heavy atom. The third kappa shape index (κ3) is 5.14. The Balaban J connectivity index is 1.98. The average molecular weight is 326 g/mol. The molecule has 24 heavy (non-hydrogen) atoms. The summed E-state index contributed by atoms with van der Waals surface area (Å²) in [7, 11) is 0. The van der Waals surface area contributed by atoms with Crippen molar-refractivity contribution in [3.05, 3.63) is 65.2 Å². The molecule has 1 amide bonds. The summed E-state index contributed by atoms with van der Waals surface area (Å²) in [5.41, 5.74) is 9.62. The van der Waals surface area contributed by atoms with Gasteiger partial charge >= 0.3 is 0 Å². The lowest BCUT2D eigenvalue weighted by molar-refractivity contribution is -0.116. The van der Waals surface area contributed by atoms with Gasteiger partial charge in [0.2, 0.25) is 5.91 Å². The monoisotopic (exact) mass is 326 g/mol. The summed E-state index contributed by atoms with van der Waals surface area (Å²) < 4.78 is 5.78. The zero-order valence-corrected chi connectivity index (χ0v) is 13.7. The first-order valence-electron chi connectivity index (χ1n) is 7.74. The van der Waals surface area contributed by atoms with Crippen LogP contribution >= 0.6 is 0 Å². The van der Waals surface area contributed by atoms with Crippen LogP contribution in [0, 0.1) is 6.92 Å². The third-order valence-corrected chi connectivity index (χ3v) is 3.52. The number of aliphatic hydroxyl groups is 1. The molecule has 0 fully saturated rings. The molecule has 4 N–H and O–H groups in total. The van der Waals surface area contributed by atoms with Gasteiger partial charge < -0.3 is 20.9 Å². The number of nitrogens with one attached hydrogen (secondary N) is 1. The number of rotatable bonds is 7. The normalized spacial score (nSPS) is 10.8. The van der Waals surface area contributed by atoms with Crippen LogP contribution in [0.25, 0.3) is 6.08 Å². The standard InChI is InChI=1S/C19H22N2O3/c1-14-4-2-3-5-16(14)13-24-18-8-6-15(12-17(18)20)7-9-19(23)21-10-11-22/h2-9,12,22H,10-11,13,20H2,1H3,(H,21,23)/b9-7-. The Kier molecular flexibility index (Phi) is 6.40. The number of aliphatic hydroxyl groups excluding tert-OH is 1. The van der Waals surface area contributed by atoms with Crippen LogP contribution in [-0.4, -0.2) is 24.2 Å². The van der Waals surface area contributed by atoms with E-state index in [-0.39, 0.29) is 19.1 Å². The Bertz CT molecular complexity index is 726. The largest absolute Gasteiger partial charge is 0.487 e. The summed E-state index contributed by atoms with van der Waals surface area (Å²) >= 11 is 0. The highest BCUT2D eigenvalue weighted by Gasteiger charge is 2.03. The molecule has 0 spiro atoms. The number of nitrogen functional groups attached to an aromatic ring is 1. The summed E-state index contributed by atoms with van der Waals surface area (Å²) in [5.74, 6) is 0.350. The number of amides is 1. The predicted octanol–water partition coefficient (Wildman–Crippen LogP) is 2.28. The van der Waals surface area contributed by atoms with Crippen LogP contribution in [0.3, 0.4) is 0 Å². The molecule has 0 aromatic heterocycles. The highest BCUT2D eigenvalue weighted by molar-refractivity contribution is 5.91. The number of hydrogen-bond acceptors (Lipinski definition) is 4. The summed E-state index contributed by atoms with van der Waals surface area (Å²) in [5, 5.41) is 11.2. The number of anilines is 1. The molecule has 126 valence electrons. The second kappa shape index (κ2) is 8.74. The van der Waals surface area contributed by atoms with Gasteiger partial charge in [0.25, 0.3) is 0 Å². The summed E-state index contributed by atoms with van der Waals surface area (Å²) in [6.07, 6.45) is 3.06. The average Bonchev–Trinajstić information content (AvgIpc) is 2.58. The summed E-state index contributed by atoms with van der Waals surface area (Å²) in [6.45, 7) is 2.64. The molecule has 2 aromatic carbocycles. The van der Waals surface area contributed by atoms with E-state index in [1.807, 2.05) is 37.3 Å². The second-order valence-corrected chi connectivity index (χ2v) is 5.36. The smallest absolute Gasteiger partial charge is 0.244 e. The minimum Gasteiger partial charge on any atom is -0.487 e. The Morgan fingerprint density at radius 1 is 1.29 bits per heavy atom. The van der Waals surface area contributed by atoms with E-state index >= 15 is 0 Å². The molecule has 0 saturated heterocycles. The SMILES string of the molecule is Cc1ccccc1COc1ccc(/C=C\C(=O)NCCO)cc1N. The predicted molar refractivity (Wildman–Crippen MR) is 95.5 cm³/mol. The summed E-state index contributed by atoms with van der Waals surface area (Å²) in [4.78, 5) is 11.5. The molecule has 0 saturated carbocycles. The number of benzene rings is 2. The van der Waals surface area contributed by atoms with E-state index in [0.29, 0.717) is 18.0 Å². The molecule has 0 radical (unpaired) electrons. The highest BCUT2D eigenvalue weighted by Crippen LogP contribution is 2.24. The van der Waals surface area contributed by atoms with E-state index < -0.39 is 0 Å². The Hall–Kier alpha value is -2.79. The van der Waals surface area contributed by atoms with Crippen molar-refractivity contribution in [2.45, 2.75) is 13.5 Å². The van der Waals surface area contributed by atoms with Gasteiger partial charge in [-0.3, -0.25) is 4.79 Å². The minimum atomic E-state index is -0.262. The van der Waals surface area contributed by atoms with Crippen molar-refractivity contribution >= 4 is 17.7 Å². The van der Waals surface area contributed by atoms with E-state index in [2.05, 4.69) is 5.32 Å². The lowest BCUT2D eigenvalue weighted by atomic mass is 10.1. The Morgan fingerprint density at radius 2 is 2.08 bits per heavy atom. The molecule has 2 aromatic rings. The van der Waals surface area contributed by atoms with Crippen LogP contribution in [0.5, 0.6) is 5.75 Å². The second-order valence-electron chi connectivity index (χ2n) is 5.36. The fourth-order valence-electron chi connectivity index (χ4n) is 2.14. The van der Waals surface area contributed by atoms with Gasteiger partial charge in [-0.25, -0.2) is 0 Å². The van der Waals surface area contributed by atoms with Crippen molar-refractivity contribution in [3.8, 4) is 5.75 Å². The molecule has 0 unspecified atom stereocenters. The molecular formula is C19H22N2O3. The van der Waals surface area contributed by atoms with Crippen LogP contribution < -0.4 is 15.8 Å².